The summed E-state index contributed by atoms with van der Waals surface area (Å²) in [7, 11) is 0. The van der Waals surface area contributed by atoms with Crippen molar-refractivity contribution >= 4 is 44.0 Å². The van der Waals surface area contributed by atoms with Gasteiger partial charge in [-0.05, 0) is 41.8 Å². The second-order valence-corrected chi connectivity index (χ2v) is 7.26. The Morgan fingerprint density at radius 1 is 0.920 bits per heavy atom. The summed E-state index contributed by atoms with van der Waals surface area (Å²) in [6.45, 7) is 0. The van der Waals surface area contributed by atoms with Crippen molar-refractivity contribution in [2.75, 3.05) is 11.5 Å². The van der Waals surface area contributed by atoms with E-state index < -0.39 is 0 Å². The minimum absolute atomic E-state index is 0.446. The molecule has 0 spiro atoms. The number of hydrogen-bond acceptors (Lipinski definition) is 5. The average Bonchev–Trinajstić information content (AvgIpc) is 2.94. The van der Waals surface area contributed by atoms with E-state index in [9.17, 15) is 0 Å². The molecule has 0 saturated heterocycles. The van der Waals surface area contributed by atoms with Crippen molar-refractivity contribution < 1.29 is 0 Å². The van der Waals surface area contributed by atoms with Crippen molar-refractivity contribution in [3.63, 3.8) is 0 Å². The number of rotatable bonds is 3. The molecular weight excluding hydrogens is 352 g/mol. The molecule has 4 nitrogen and oxygen atoms in total. The van der Waals surface area contributed by atoms with Crippen molar-refractivity contribution in [1.29, 1.82) is 0 Å². The van der Waals surface area contributed by atoms with Crippen LogP contribution in [-0.4, -0.2) is 9.97 Å². The van der Waals surface area contributed by atoms with Gasteiger partial charge >= 0.3 is 0 Å². The number of nitrogens with zero attached hydrogens (tertiary/aromatic N) is 2. The second kappa shape index (κ2) is 6.35. The molecule has 0 unspecified atom stereocenters. The molecule has 0 amide bonds. The molecule has 6 heteroatoms. The highest BCUT2D eigenvalue weighted by Crippen LogP contribution is 2.35. The van der Waals surface area contributed by atoms with Crippen molar-refractivity contribution in [3.8, 4) is 11.3 Å². The molecule has 4 N–H and O–H groups in total. The summed E-state index contributed by atoms with van der Waals surface area (Å²) in [6, 6.07) is 17.9. The van der Waals surface area contributed by atoms with E-state index in [0.717, 1.165) is 33.5 Å². The summed E-state index contributed by atoms with van der Waals surface area (Å²) >= 11 is 7.69. The predicted molar refractivity (Wildman–Crippen MR) is 106 cm³/mol. The first-order valence-corrected chi connectivity index (χ1v) is 8.94. The summed E-state index contributed by atoms with van der Waals surface area (Å²) in [5.41, 5.74) is 17.3. The van der Waals surface area contributed by atoms with Crippen LogP contribution in [0.15, 0.2) is 54.6 Å². The fourth-order valence-electron chi connectivity index (χ4n) is 2.88. The van der Waals surface area contributed by atoms with Gasteiger partial charge in [0.25, 0.3) is 0 Å². The molecular formula is C19H15ClN4S. The molecule has 4 aromatic rings. The van der Waals surface area contributed by atoms with Crippen molar-refractivity contribution in [1.82, 2.24) is 9.97 Å². The van der Waals surface area contributed by atoms with Gasteiger partial charge in [-0.3, -0.25) is 0 Å². The molecule has 2 aromatic heterocycles. The first-order chi connectivity index (χ1) is 12.1. The van der Waals surface area contributed by atoms with Crippen molar-refractivity contribution in [2.45, 2.75) is 6.42 Å². The lowest BCUT2D eigenvalue weighted by molar-refractivity contribution is 1.17. The van der Waals surface area contributed by atoms with Gasteiger partial charge in [0.1, 0.15) is 5.15 Å². The molecule has 0 atom stereocenters. The maximum atomic E-state index is 6.28. The topological polar surface area (TPSA) is 77.8 Å². The van der Waals surface area contributed by atoms with Gasteiger partial charge in [-0.25, -0.2) is 9.97 Å². The number of fused-ring (bicyclic) bond motifs is 1. The minimum atomic E-state index is 0.446. The van der Waals surface area contributed by atoms with E-state index in [1.165, 1.54) is 16.9 Å². The Balaban J connectivity index is 1.83. The van der Waals surface area contributed by atoms with E-state index in [2.05, 4.69) is 22.1 Å². The smallest absolute Gasteiger partial charge is 0.181 e. The molecule has 0 saturated carbocycles. The molecule has 25 heavy (non-hydrogen) atoms. The number of pyridine rings is 1. The lowest BCUT2D eigenvalue weighted by Crippen LogP contribution is -1.94. The third kappa shape index (κ3) is 3.29. The van der Waals surface area contributed by atoms with E-state index in [-0.39, 0.29) is 0 Å². The third-order valence-electron chi connectivity index (χ3n) is 3.91. The second-order valence-electron chi connectivity index (χ2n) is 5.81. The van der Waals surface area contributed by atoms with Crippen LogP contribution in [0.25, 0.3) is 21.5 Å². The normalized spacial score (nSPS) is 11.1. The molecule has 0 bridgehead atoms. The van der Waals surface area contributed by atoms with E-state index in [1.54, 1.807) is 0 Å². The van der Waals surface area contributed by atoms with Crippen LogP contribution in [0, 0.1) is 0 Å². The van der Waals surface area contributed by atoms with Crippen LogP contribution >= 0.6 is 22.9 Å². The Kier molecular flexibility index (Phi) is 4.03. The number of nitrogen functional groups attached to an aromatic ring is 2. The van der Waals surface area contributed by atoms with Crippen LogP contribution in [-0.2, 0) is 6.42 Å². The van der Waals surface area contributed by atoms with Gasteiger partial charge in [0.2, 0.25) is 0 Å². The average molecular weight is 367 g/mol. The van der Waals surface area contributed by atoms with E-state index in [0.29, 0.717) is 16.0 Å². The van der Waals surface area contributed by atoms with Gasteiger partial charge in [0.15, 0.2) is 5.13 Å². The van der Waals surface area contributed by atoms with Gasteiger partial charge in [0.05, 0.1) is 15.9 Å². The lowest BCUT2D eigenvalue weighted by Gasteiger charge is -2.08. The van der Waals surface area contributed by atoms with Crippen LogP contribution in [0.3, 0.4) is 0 Å². The highest BCUT2D eigenvalue weighted by Gasteiger charge is 2.13. The molecule has 0 fully saturated rings. The van der Waals surface area contributed by atoms with Crippen molar-refractivity contribution in [3.05, 3.63) is 70.9 Å². The van der Waals surface area contributed by atoms with Crippen LogP contribution in [0.2, 0.25) is 5.15 Å². The van der Waals surface area contributed by atoms with Gasteiger partial charge in [-0.15, -0.1) is 0 Å². The lowest BCUT2D eigenvalue weighted by atomic mass is 10.0. The standard InChI is InChI=1S/C19H15ClN4S/c20-17-8-12(6-11-4-2-1-3-5-11)7-15(23-17)14-9-13(21)10-16-18(14)24-19(22)25-16/h1-5,7-10H,6,21H2,(H2,22,24). The zero-order chi connectivity index (χ0) is 17.4. The number of thiazole rings is 1. The largest absolute Gasteiger partial charge is 0.399 e. The molecule has 0 radical (unpaired) electrons. The van der Waals surface area contributed by atoms with Gasteiger partial charge in [0, 0.05) is 11.3 Å². The Bertz CT molecular complexity index is 1060. The predicted octanol–water partition coefficient (Wildman–Crippen LogP) is 4.77. The number of hydrogen-bond donors (Lipinski definition) is 2. The fraction of sp³-hybridized carbons (Fsp3) is 0.0526. The van der Waals surface area contributed by atoms with Crippen LogP contribution in [0.5, 0.6) is 0 Å². The SMILES string of the molecule is Nc1cc(-c2cc(Cc3ccccc3)cc(Cl)n2)c2nc(N)sc2c1. The maximum Gasteiger partial charge on any atom is 0.181 e. The monoisotopic (exact) mass is 366 g/mol. The molecule has 2 aromatic carbocycles. The summed E-state index contributed by atoms with van der Waals surface area (Å²) in [6.07, 6.45) is 0.779. The fourth-order valence-corrected chi connectivity index (χ4v) is 3.93. The highest BCUT2D eigenvalue weighted by atomic mass is 35.5. The Hall–Kier alpha value is -2.63. The molecule has 0 aliphatic heterocycles. The van der Waals surface area contributed by atoms with E-state index >= 15 is 0 Å². The zero-order valence-electron chi connectivity index (χ0n) is 13.2. The van der Waals surface area contributed by atoms with Crippen LogP contribution in [0.4, 0.5) is 10.8 Å². The zero-order valence-corrected chi connectivity index (χ0v) is 14.8. The minimum Gasteiger partial charge on any atom is -0.399 e. The molecule has 0 aliphatic rings. The summed E-state index contributed by atoms with van der Waals surface area (Å²) in [5.74, 6) is 0. The van der Waals surface area contributed by atoms with Crippen LogP contribution in [0.1, 0.15) is 11.1 Å². The van der Waals surface area contributed by atoms with E-state index in [1.807, 2.05) is 42.5 Å². The summed E-state index contributed by atoms with van der Waals surface area (Å²) in [5, 5.41) is 0.954. The quantitative estimate of drug-likeness (QED) is 0.404. The first-order valence-electron chi connectivity index (χ1n) is 7.75. The summed E-state index contributed by atoms with van der Waals surface area (Å²) < 4.78 is 0.943. The Labute approximate surface area is 154 Å². The van der Waals surface area contributed by atoms with Gasteiger partial charge in [-0.2, -0.15) is 0 Å². The number of benzene rings is 2. The number of aromatic nitrogens is 2. The summed E-state index contributed by atoms with van der Waals surface area (Å²) in [4.78, 5) is 8.91. The molecule has 0 aliphatic carbocycles. The van der Waals surface area contributed by atoms with Crippen LogP contribution < -0.4 is 11.5 Å². The highest BCUT2D eigenvalue weighted by molar-refractivity contribution is 7.22. The molecule has 2 heterocycles. The molecule has 4 rings (SSSR count). The first kappa shape index (κ1) is 15.9. The van der Waals surface area contributed by atoms with Crippen molar-refractivity contribution in [2.24, 2.45) is 0 Å². The Morgan fingerprint density at radius 2 is 1.72 bits per heavy atom. The van der Waals surface area contributed by atoms with E-state index in [4.69, 9.17) is 23.1 Å². The van der Waals surface area contributed by atoms with Gasteiger partial charge in [-0.1, -0.05) is 53.3 Å². The van der Waals surface area contributed by atoms with Gasteiger partial charge < -0.3 is 11.5 Å². The Morgan fingerprint density at radius 3 is 2.52 bits per heavy atom. The molecule has 124 valence electrons. The number of halogens is 1. The maximum absolute atomic E-state index is 6.28. The number of anilines is 2. The number of nitrogens with two attached hydrogens (primary N) is 2. The third-order valence-corrected chi connectivity index (χ3v) is 4.94.